The Morgan fingerprint density at radius 1 is 1.03 bits per heavy atom. The Hall–Kier alpha value is -3.87. The second kappa shape index (κ2) is 10.2. The molecule has 1 aromatic carbocycles. The van der Waals surface area contributed by atoms with Crippen LogP contribution in [0.5, 0.6) is 0 Å². The number of primary amides is 2. The van der Waals surface area contributed by atoms with Crippen molar-refractivity contribution in [2.45, 2.75) is 12.8 Å². The van der Waals surface area contributed by atoms with Crippen molar-refractivity contribution in [3.63, 3.8) is 0 Å². The SMILES string of the molecule is NC(=O)c1cnc(CC/C=C/CNc2c(Br)cc(C(N)=O)cc2[N+](=O)[O-])c([N+](=O)[O-])c1. The van der Waals surface area contributed by atoms with Crippen LogP contribution in [0.25, 0.3) is 0 Å². The van der Waals surface area contributed by atoms with Crippen LogP contribution in [0.1, 0.15) is 32.8 Å². The molecular formula is C18H17BrN6O6. The van der Waals surface area contributed by atoms with E-state index in [2.05, 4.69) is 26.2 Å². The number of nitrogens with two attached hydrogens (primary N) is 2. The third-order valence-corrected chi connectivity index (χ3v) is 4.72. The zero-order chi connectivity index (χ0) is 23.1. The van der Waals surface area contributed by atoms with Gasteiger partial charge in [0.05, 0.1) is 15.4 Å². The van der Waals surface area contributed by atoms with E-state index in [1.54, 1.807) is 12.2 Å². The van der Waals surface area contributed by atoms with Gasteiger partial charge in [-0.3, -0.25) is 34.8 Å². The van der Waals surface area contributed by atoms with Crippen molar-refractivity contribution < 1.29 is 19.4 Å². The first-order valence-corrected chi connectivity index (χ1v) is 9.50. The first-order chi connectivity index (χ1) is 14.6. The number of hydrogen-bond acceptors (Lipinski definition) is 8. The fourth-order valence-corrected chi connectivity index (χ4v) is 3.19. The molecule has 0 bridgehead atoms. The first kappa shape index (κ1) is 23.4. The van der Waals surface area contributed by atoms with Crippen molar-refractivity contribution in [2.24, 2.45) is 11.5 Å². The van der Waals surface area contributed by atoms with Gasteiger partial charge in [0, 0.05) is 41.3 Å². The molecule has 0 fully saturated rings. The van der Waals surface area contributed by atoms with E-state index in [0.717, 1.165) is 12.1 Å². The summed E-state index contributed by atoms with van der Waals surface area (Å²) in [6.45, 7) is 0.214. The van der Waals surface area contributed by atoms with Crippen LogP contribution in [0.2, 0.25) is 0 Å². The highest BCUT2D eigenvalue weighted by atomic mass is 79.9. The quantitative estimate of drug-likeness (QED) is 0.255. The number of anilines is 1. The zero-order valence-electron chi connectivity index (χ0n) is 15.9. The average molecular weight is 493 g/mol. The Bertz CT molecular complexity index is 1090. The minimum atomic E-state index is -0.808. The number of pyridine rings is 1. The molecule has 1 heterocycles. The van der Waals surface area contributed by atoms with E-state index in [9.17, 15) is 29.8 Å². The van der Waals surface area contributed by atoms with Gasteiger partial charge in [-0.15, -0.1) is 0 Å². The molecule has 0 unspecified atom stereocenters. The molecule has 0 radical (unpaired) electrons. The maximum Gasteiger partial charge on any atom is 0.294 e. The van der Waals surface area contributed by atoms with Crippen molar-refractivity contribution >= 4 is 44.8 Å². The van der Waals surface area contributed by atoms with E-state index in [1.807, 2.05) is 0 Å². The van der Waals surface area contributed by atoms with E-state index in [4.69, 9.17) is 11.5 Å². The maximum atomic E-state index is 11.3. The van der Waals surface area contributed by atoms with Crippen molar-refractivity contribution in [1.82, 2.24) is 4.98 Å². The summed E-state index contributed by atoms with van der Waals surface area (Å²) in [5, 5.41) is 25.3. The van der Waals surface area contributed by atoms with E-state index in [0.29, 0.717) is 10.9 Å². The number of nitrogens with one attached hydrogen (secondary N) is 1. The van der Waals surface area contributed by atoms with Gasteiger partial charge in [0.2, 0.25) is 5.91 Å². The highest BCUT2D eigenvalue weighted by Crippen LogP contribution is 2.34. The summed E-state index contributed by atoms with van der Waals surface area (Å²) in [4.78, 5) is 47.6. The van der Waals surface area contributed by atoms with Crippen LogP contribution >= 0.6 is 15.9 Å². The summed E-state index contributed by atoms with van der Waals surface area (Å²) in [7, 11) is 0. The molecule has 0 aliphatic rings. The zero-order valence-corrected chi connectivity index (χ0v) is 17.5. The number of aryl methyl sites for hydroxylation is 1. The smallest absolute Gasteiger partial charge is 0.294 e. The lowest BCUT2D eigenvalue weighted by Gasteiger charge is -2.08. The molecule has 0 aliphatic heterocycles. The highest BCUT2D eigenvalue weighted by Gasteiger charge is 2.20. The molecule has 2 aromatic rings. The number of nitrogens with zero attached hydrogens (tertiary/aromatic N) is 3. The van der Waals surface area contributed by atoms with E-state index >= 15 is 0 Å². The summed E-state index contributed by atoms with van der Waals surface area (Å²) in [5.41, 5.74) is 10.0. The van der Waals surface area contributed by atoms with Gasteiger partial charge in [0.25, 0.3) is 17.3 Å². The van der Waals surface area contributed by atoms with E-state index < -0.39 is 21.7 Å². The molecule has 31 heavy (non-hydrogen) atoms. The second-order valence-corrected chi connectivity index (χ2v) is 7.03. The van der Waals surface area contributed by atoms with Crippen molar-refractivity contribution in [3.8, 4) is 0 Å². The van der Waals surface area contributed by atoms with Gasteiger partial charge in [0.1, 0.15) is 11.4 Å². The van der Waals surface area contributed by atoms with Gasteiger partial charge in [0.15, 0.2) is 0 Å². The summed E-state index contributed by atoms with van der Waals surface area (Å²) < 4.78 is 0.304. The average Bonchev–Trinajstić information content (AvgIpc) is 2.70. The van der Waals surface area contributed by atoms with E-state index in [1.165, 1.54) is 12.3 Å². The molecule has 0 spiro atoms. The first-order valence-electron chi connectivity index (χ1n) is 8.71. The second-order valence-electron chi connectivity index (χ2n) is 6.18. The number of carbonyl (C=O) groups is 2. The summed E-state index contributed by atoms with van der Waals surface area (Å²) >= 11 is 3.18. The van der Waals surface area contributed by atoms with Gasteiger partial charge in [-0.2, -0.15) is 0 Å². The van der Waals surface area contributed by atoms with Crippen LogP contribution in [0.3, 0.4) is 0 Å². The van der Waals surface area contributed by atoms with Gasteiger partial charge in [-0.25, -0.2) is 0 Å². The molecule has 0 atom stereocenters. The number of nitro groups is 2. The third kappa shape index (κ3) is 6.05. The van der Waals surface area contributed by atoms with Crippen LogP contribution in [0.15, 0.2) is 41.0 Å². The van der Waals surface area contributed by atoms with Gasteiger partial charge >= 0.3 is 0 Å². The fraction of sp³-hybridized carbons (Fsp3) is 0.167. The summed E-state index contributed by atoms with van der Waals surface area (Å²) in [6.07, 6.45) is 5.22. The highest BCUT2D eigenvalue weighted by molar-refractivity contribution is 9.10. The number of nitro benzene ring substituents is 1. The molecule has 0 saturated heterocycles. The predicted molar refractivity (Wildman–Crippen MR) is 115 cm³/mol. The molecule has 0 saturated carbocycles. The number of hydrogen-bond donors (Lipinski definition) is 3. The topological polar surface area (TPSA) is 197 Å². The lowest BCUT2D eigenvalue weighted by molar-refractivity contribution is -0.386. The predicted octanol–water partition coefficient (Wildman–Crippen LogP) is 2.46. The largest absolute Gasteiger partial charge is 0.375 e. The number of benzene rings is 1. The lowest BCUT2D eigenvalue weighted by atomic mass is 10.1. The standard InChI is InChI=1S/C18H17BrN6O6/c19-12-6-10(17(20)26)7-15(25(30)31)16(12)22-5-3-1-2-4-13-14(24(28)29)8-11(9-23-13)18(21)27/h1,3,6-9,22H,2,4-5H2,(H2,20,26)(H2,21,27)/b3-1+. The number of aromatic nitrogens is 1. The van der Waals surface area contributed by atoms with Crippen LogP contribution < -0.4 is 16.8 Å². The normalized spacial score (nSPS) is 10.7. The minimum Gasteiger partial charge on any atom is -0.375 e. The van der Waals surface area contributed by atoms with Gasteiger partial charge in [-0.05, 0) is 28.4 Å². The summed E-state index contributed by atoms with van der Waals surface area (Å²) in [6, 6.07) is 3.55. The van der Waals surface area contributed by atoms with Crippen LogP contribution in [-0.4, -0.2) is 33.2 Å². The van der Waals surface area contributed by atoms with Crippen molar-refractivity contribution in [1.29, 1.82) is 0 Å². The lowest BCUT2D eigenvalue weighted by Crippen LogP contribution is -2.12. The Morgan fingerprint density at radius 2 is 1.65 bits per heavy atom. The number of rotatable bonds is 10. The Balaban J connectivity index is 2.03. The third-order valence-electron chi connectivity index (χ3n) is 4.09. The molecule has 0 aliphatic carbocycles. The Labute approximate surface area is 183 Å². The molecule has 2 rings (SSSR count). The molecule has 1 aromatic heterocycles. The number of allylic oxidation sites excluding steroid dienone is 1. The summed E-state index contributed by atoms with van der Waals surface area (Å²) in [5.74, 6) is -1.60. The van der Waals surface area contributed by atoms with Crippen LogP contribution in [0, 0.1) is 20.2 Å². The molecule has 5 N–H and O–H groups in total. The number of amides is 2. The molecule has 2 amide bonds. The fourth-order valence-electron chi connectivity index (χ4n) is 2.60. The molecule has 12 nitrogen and oxygen atoms in total. The molecular weight excluding hydrogens is 476 g/mol. The molecule has 162 valence electrons. The molecule has 13 heteroatoms. The monoisotopic (exact) mass is 492 g/mol. The number of halogens is 1. The van der Waals surface area contributed by atoms with Gasteiger partial charge < -0.3 is 16.8 Å². The van der Waals surface area contributed by atoms with Gasteiger partial charge in [-0.1, -0.05) is 12.2 Å². The van der Waals surface area contributed by atoms with Crippen LogP contribution in [0.4, 0.5) is 17.1 Å². The van der Waals surface area contributed by atoms with Crippen LogP contribution in [-0.2, 0) is 6.42 Å². The Kier molecular flexibility index (Phi) is 7.74. The maximum absolute atomic E-state index is 11.3. The van der Waals surface area contributed by atoms with Crippen molar-refractivity contribution in [2.75, 3.05) is 11.9 Å². The Morgan fingerprint density at radius 3 is 2.23 bits per heavy atom. The van der Waals surface area contributed by atoms with E-state index in [-0.39, 0.29) is 46.8 Å². The van der Waals surface area contributed by atoms with Crippen molar-refractivity contribution in [3.05, 3.63) is 78.1 Å². The number of carbonyl (C=O) groups excluding carboxylic acids is 2. The minimum absolute atomic E-state index is 0.00360.